The first-order chi connectivity index (χ1) is 5.09. The molecule has 1 aromatic carbocycles. The lowest BCUT2D eigenvalue weighted by Crippen LogP contribution is -1.87. The molecule has 0 aromatic heterocycles. The average molecular weight is 299 g/mol. The van der Waals surface area contributed by atoms with Gasteiger partial charge in [-0.05, 0) is 29.3 Å². The number of hydrogen-bond donors (Lipinski definition) is 0. The predicted octanol–water partition coefficient (Wildman–Crippen LogP) is 2.45. The monoisotopic (exact) mass is 297 g/mol. The maximum Gasteiger partial charge on any atom is 0.0271 e. The topological polar surface area (TPSA) is 40.1 Å². The summed E-state index contributed by atoms with van der Waals surface area (Å²) in [5, 5.41) is 0. The van der Waals surface area contributed by atoms with E-state index in [1.807, 2.05) is 0 Å². The van der Waals surface area contributed by atoms with Crippen molar-refractivity contribution in [2.45, 2.75) is 4.90 Å². The fourth-order valence-electron chi connectivity index (χ4n) is 0.625. The van der Waals surface area contributed by atoms with Gasteiger partial charge in [0.05, 0.1) is 0 Å². The smallest absolute Gasteiger partial charge is 0.0271 e. The fourth-order valence-corrected chi connectivity index (χ4v) is 2.67. The molecule has 0 N–H and O–H groups in total. The summed E-state index contributed by atoms with van der Waals surface area (Å²) < 4.78 is 22.4. The first kappa shape index (κ1) is 9.38. The van der Waals surface area contributed by atoms with Gasteiger partial charge in [-0.25, -0.2) is 0 Å². The van der Waals surface area contributed by atoms with Gasteiger partial charge in [-0.15, -0.1) is 0 Å². The van der Waals surface area contributed by atoms with E-state index in [9.17, 15) is 8.76 Å². The van der Waals surface area contributed by atoms with Crippen molar-refractivity contribution < 1.29 is 8.76 Å². The van der Waals surface area contributed by atoms with Crippen LogP contribution in [0.4, 0.5) is 0 Å². The van der Waals surface area contributed by atoms with Crippen molar-refractivity contribution in [2.75, 3.05) is 0 Å². The van der Waals surface area contributed by atoms with Gasteiger partial charge in [0.2, 0.25) is 0 Å². The zero-order valence-corrected chi connectivity index (χ0v) is 9.20. The summed E-state index contributed by atoms with van der Waals surface area (Å²) in [6.07, 6.45) is 0. The van der Waals surface area contributed by atoms with Crippen LogP contribution in [0.3, 0.4) is 0 Å². The number of benzene rings is 1. The Kier molecular flexibility index (Phi) is 3.24. The maximum atomic E-state index is 10.5. The maximum absolute atomic E-state index is 10.5. The van der Waals surface area contributed by atoms with E-state index in [1.54, 1.807) is 6.07 Å². The van der Waals surface area contributed by atoms with Crippen molar-refractivity contribution in [2.24, 2.45) is 0 Å². The van der Waals surface area contributed by atoms with Crippen molar-refractivity contribution >= 4 is 42.9 Å². The fraction of sp³-hybridized carbons (Fsp3) is 0. The third kappa shape index (κ3) is 2.66. The Labute approximate surface area is 83.5 Å². The van der Waals surface area contributed by atoms with Gasteiger partial charge < -0.3 is 4.55 Å². The highest BCUT2D eigenvalue weighted by molar-refractivity contribution is 9.11. The standard InChI is InChI=1S/C6H4Br2O2S/c7-4-1-5(8)3-6(2-4)11(9)10/h1-3H,(H,9,10)/p-1. The molecule has 0 aliphatic heterocycles. The molecule has 0 fully saturated rings. The minimum absolute atomic E-state index is 0.270. The Bertz CT molecular complexity index is 280. The van der Waals surface area contributed by atoms with Crippen LogP contribution in [0.2, 0.25) is 0 Å². The van der Waals surface area contributed by atoms with Crippen LogP contribution in [-0.4, -0.2) is 8.76 Å². The second-order valence-electron chi connectivity index (χ2n) is 1.84. The first-order valence-corrected chi connectivity index (χ1v) is 5.31. The van der Waals surface area contributed by atoms with Crippen LogP contribution < -0.4 is 0 Å². The lowest BCUT2D eigenvalue weighted by atomic mass is 10.4. The highest BCUT2D eigenvalue weighted by atomic mass is 79.9. The van der Waals surface area contributed by atoms with Gasteiger partial charge in [0.15, 0.2) is 0 Å². The summed E-state index contributed by atoms with van der Waals surface area (Å²) >= 11 is 4.20. The summed E-state index contributed by atoms with van der Waals surface area (Å²) in [4.78, 5) is 0.270. The first-order valence-electron chi connectivity index (χ1n) is 2.65. The molecule has 0 saturated heterocycles. The molecule has 0 radical (unpaired) electrons. The minimum Gasteiger partial charge on any atom is -0.768 e. The molecule has 11 heavy (non-hydrogen) atoms. The van der Waals surface area contributed by atoms with Crippen LogP contribution in [-0.2, 0) is 11.1 Å². The zero-order chi connectivity index (χ0) is 8.43. The molecule has 1 rings (SSSR count). The van der Waals surface area contributed by atoms with Gasteiger partial charge >= 0.3 is 0 Å². The van der Waals surface area contributed by atoms with E-state index in [-0.39, 0.29) is 4.90 Å². The van der Waals surface area contributed by atoms with Crippen LogP contribution in [0.15, 0.2) is 32.0 Å². The molecule has 0 amide bonds. The van der Waals surface area contributed by atoms with Gasteiger partial charge in [0.25, 0.3) is 0 Å². The van der Waals surface area contributed by atoms with Crippen LogP contribution in [0, 0.1) is 0 Å². The molecule has 1 atom stereocenters. The zero-order valence-electron chi connectivity index (χ0n) is 5.21. The summed E-state index contributed by atoms with van der Waals surface area (Å²) in [6, 6.07) is 4.85. The SMILES string of the molecule is O=S([O-])c1cc(Br)cc(Br)c1. The van der Waals surface area contributed by atoms with E-state index in [0.717, 1.165) is 8.95 Å². The average Bonchev–Trinajstić information content (AvgIpc) is 1.85. The van der Waals surface area contributed by atoms with Crippen LogP contribution in [0.5, 0.6) is 0 Å². The summed E-state index contributed by atoms with van der Waals surface area (Å²) in [5.41, 5.74) is 0. The van der Waals surface area contributed by atoms with Gasteiger partial charge in [0.1, 0.15) is 0 Å². The second kappa shape index (κ2) is 3.80. The summed E-state index contributed by atoms with van der Waals surface area (Å²) in [7, 11) is 0. The highest BCUT2D eigenvalue weighted by Gasteiger charge is 1.96. The van der Waals surface area contributed by atoms with Crippen molar-refractivity contribution in [3.05, 3.63) is 27.1 Å². The van der Waals surface area contributed by atoms with Gasteiger partial charge in [0, 0.05) is 13.8 Å². The largest absolute Gasteiger partial charge is 0.768 e. The molecule has 60 valence electrons. The molecule has 0 saturated carbocycles. The number of hydrogen-bond acceptors (Lipinski definition) is 2. The minimum atomic E-state index is -2.16. The van der Waals surface area contributed by atoms with Crippen molar-refractivity contribution in [1.29, 1.82) is 0 Å². The van der Waals surface area contributed by atoms with E-state index in [1.165, 1.54) is 12.1 Å². The normalized spacial score (nSPS) is 13.0. The molecular weight excluding hydrogens is 296 g/mol. The Balaban J connectivity index is 3.19. The number of halogens is 2. The molecule has 1 unspecified atom stereocenters. The summed E-state index contributed by atoms with van der Waals surface area (Å²) in [6.45, 7) is 0. The van der Waals surface area contributed by atoms with E-state index in [2.05, 4.69) is 31.9 Å². The van der Waals surface area contributed by atoms with Crippen LogP contribution >= 0.6 is 31.9 Å². The molecule has 0 aliphatic carbocycles. The Morgan fingerprint density at radius 2 is 1.64 bits per heavy atom. The van der Waals surface area contributed by atoms with E-state index < -0.39 is 11.1 Å². The molecule has 0 bridgehead atoms. The van der Waals surface area contributed by atoms with Gasteiger partial charge in [-0.2, -0.15) is 0 Å². The van der Waals surface area contributed by atoms with Crippen LogP contribution in [0.25, 0.3) is 0 Å². The highest BCUT2D eigenvalue weighted by Crippen LogP contribution is 2.21. The molecule has 1 aromatic rings. The molecule has 0 spiro atoms. The van der Waals surface area contributed by atoms with Crippen molar-refractivity contribution in [3.8, 4) is 0 Å². The molecule has 5 heteroatoms. The van der Waals surface area contributed by atoms with E-state index in [4.69, 9.17) is 0 Å². The second-order valence-corrected chi connectivity index (χ2v) is 4.61. The van der Waals surface area contributed by atoms with Crippen molar-refractivity contribution in [3.63, 3.8) is 0 Å². The van der Waals surface area contributed by atoms with Crippen LogP contribution in [0.1, 0.15) is 0 Å². The summed E-state index contributed by atoms with van der Waals surface area (Å²) in [5.74, 6) is 0. The Morgan fingerprint density at radius 1 is 1.18 bits per heavy atom. The molecule has 0 heterocycles. The van der Waals surface area contributed by atoms with E-state index >= 15 is 0 Å². The molecule has 2 nitrogen and oxygen atoms in total. The molecule has 0 aliphatic rings. The van der Waals surface area contributed by atoms with Gasteiger partial charge in [-0.3, -0.25) is 4.21 Å². The van der Waals surface area contributed by atoms with E-state index in [0.29, 0.717) is 0 Å². The molecular formula is C6H3Br2O2S-. The lowest BCUT2D eigenvalue weighted by Gasteiger charge is -2.05. The quantitative estimate of drug-likeness (QED) is 0.747. The Morgan fingerprint density at radius 3 is 2.00 bits per heavy atom. The third-order valence-electron chi connectivity index (χ3n) is 1.03. The lowest BCUT2D eigenvalue weighted by molar-refractivity contribution is 0.537. The number of rotatable bonds is 1. The Hall–Kier alpha value is 0.290. The predicted molar refractivity (Wildman–Crippen MR) is 49.0 cm³/mol. The van der Waals surface area contributed by atoms with Crippen molar-refractivity contribution in [1.82, 2.24) is 0 Å². The third-order valence-corrected chi connectivity index (χ3v) is 2.56. The van der Waals surface area contributed by atoms with Gasteiger partial charge in [-0.1, -0.05) is 31.9 Å².